The Labute approximate surface area is 196 Å². The van der Waals surface area contributed by atoms with E-state index in [1.54, 1.807) is 0 Å². The zero-order valence-corrected chi connectivity index (χ0v) is 20.4. The van der Waals surface area contributed by atoms with Crippen molar-refractivity contribution in [1.82, 2.24) is 0 Å². The van der Waals surface area contributed by atoms with Crippen molar-refractivity contribution in [3.8, 4) is 0 Å². The van der Waals surface area contributed by atoms with E-state index in [1.807, 2.05) is 0 Å². The van der Waals surface area contributed by atoms with Crippen molar-refractivity contribution in [3.63, 3.8) is 0 Å². The second-order valence-electron chi connectivity index (χ2n) is 11.3. The summed E-state index contributed by atoms with van der Waals surface area (Å²) in [7, 11) is 0. The molecule has 4 aliphatic rings. The van der Waals surface area contributed by atoms with E-state index in [-0.39, 0.29) is 18.0 Å². The summed E-state index contributed by atoms with van der Waals surface area (Å²) in [5.74, 6) is 2.03. The molecule has 4 nitrogen and oxygen atoms in total. The summed E-state index contributed by atoms with van der Waals surface area (Å²) in [6.07, 6.45) is 25.8. The van der Waals surface area contributed by atoms with Crippen LogP contribution in [0.1, 0.15) is 128 Å². The van der Waals surface area contributed by atoms with Gasteiger partial charge in [0.25, 0.3) is 0 Å². The normalized spacial score (nSPS) is 33.1. The van der Waals surface area contributed by atoms with Crippen molar-refractivity contribution < 1.29 is 19.0 Å². The van der Waals surface area contributed by atoms with E-state index < -0.39 is 0 Å². The maximum absolute atomic E-state index is 12.4. The minimum Gasteiger partial charge on any atom is -0.462 e. The molecule has 0 N–H and O–H groups in total. The van der Waals surface area contributed by atoms with Gasteiger partial charge in [0.1, 0.15) is 12.9 Å². The van der Waals surface area contributed by atoms with Crippen molar-refractivity contribution in [2.24, 2.45) is 17.8 Å². The monoisotopic (exact) mass is 448 g/mol. The molecule has 0 atom stereocenters. The lowest BCUT2D eigenvalue weighted by Crippen LogP contribution is -2.29. The third kappa shape index (κ3) is 8.01. The van der Waals surface area contributed by atoms with Crippen LogP contribution in [0.5, 0.6) is 0 Å². The average Bonchev–Trinajstić information content (AvgIpc) is 2.85. The Balaban J connectivity index is 1.02. The summed E-state index contributed by atoms with van der Waals surface area (Å²) >= 11 is 0. The summed E-state index contributed by atoms with van der Waals surface area (Å²) in [4.78, 5) is 12.4. The van der Waals surface area contributed by atoms with Gasteiger partial charge in [0, 0.05) is 0 Å². The van der Waals surface area contributed by atoms with Crippen molar-refractivity contribution >= 4 is 5.97 Å². The lowest BCUT2D eigenvalue weighted by Gasteiger charge is -2.32. The fraction of sp³-hybridized carbons (Fsp3) is 0.964. The summed E-state index contributed by atoms with van der Waals surface area (Å²) in [6.45, 7) is 0.508. The molecule has 4 fully saturated rings. The van der Waals surface area contributed by atoms with E-state index in [2.05, 4.69) is 0 Å². The van der Waals surface area contributed by atoms with Crippen LogP contribution in [0.15, 0.2) is 0 Å². The highest BCUT2D eigenvalue weighted by atomic mass is 16.7. The first kappa shape index (κ1) is 24.5. The molecular formula is C28H48O4. The molecule has 0 saturated heterocycles. The summed E-state index contributed by atoms with van der Waals surface area (Å²) in [5, 5.41) is 0. The lowest BCUT2D eigenvalue weighted by molar-refractivity contribution is -0.157. The molecule has 0 amide bonds. The van der Waals surface area contributed by atoms with E-state index >= 15 is 0 Å². The molecule has 0 aromatic rings. The molecule has 0 aromatic heterocycles. The second-order valence-corrected chi connectivity index (χ2v) is 11.3. The SMILES string of the molecule is O=C(OC1CCC(CCC2CCC(OCOC3CCCCC3)CC2)CC1)C1CCCCC1. The number of carbonyl (C=O) groups is 1. The Morgan fingerprint density at radius 1 is 0.531 bits per heavy atom. The Morgan fingerprint density at radius 3 is 1.56 bits per heavy atom. The van der Waals surface area contributed by atoms with Gasteiger partial charge in [0.15, 0.2) is 0 Å². The molecular weight excluding hydrogens is 400 g/mol. The van der Waals surface area contributed by atoms with Crippen LogP contribution in [0.4, 0.5) is 0 Å². The molecule has 0 bridgehead atoms. The lowest BCUT2D eigenvalue weighted by atomic mass is 9.79. The molecule has 0 radical (unpaired) electrons. The van der Waals surface area contributed by atoms with Gasteiger partial charge in [-0.25, -0.2) is 0 Å². The molecule has 0 spiro atoms. The number of hydrogen-bond donors (Lipinski definition) is 0. The number of rotatable bonds is 9. The fourth-order valence-corrected chi connectivity index (χ4v) is 6.66. The van der Waals surface area contributed by atoms with E-state index in [1.165, 1.54) is 103 Å². The Hall–Kier alpha value is -0.610. The van der Waals surface area contributed by atoms with Gasteiger partial charge in [-0.2, -0.15) is 0 Å². The molecule has 4 saturated carbocycles. The third-order valence-electron chi connectivity index (χ3n) is 8.95. The van der Waals surface area contributed by atoms with Gasteiger partial charge in [-0.05, 0) is 88.9 Å². The van der Waals surface area contributed by atoms with E-state index in [9.17, 15) is 4.79 Å². The first-order valence-electron chi connectivity index (χ1n) is 14.2. The Morgan fingerprint density at radius 2 is 1.00 bits per heavy atom. The number of hydrogen-bond acceptors (Lipinski definition) is 4. The number of ether oxygens (including phenoxy) is 3. The maximum Gasteiger partial charge on any atom is 0.309 e. The van der Waals surface area contributed by atoms with Gasteiger partial charge in [0.05, 0.1) is 18.1 Å². The van der Waals surface area contributed by atoms with Crippen LogP contribution >= 0.6 is 0 Å². The van der Waals surface area contributed by atoms with Gasteiger partial charge in [-0.3, -0.25) is 4.79 Å². The van der Waals surface area contributed by atoms with E-state index in [0.29, 0.717) is 19.0 Å². The Kier molecular flexibility index (Phi) is 10.2. The molecule has 4 rings (SSSR count). The quantitative estimate of drug-likeness (QED) is 0.273. The summed E-state index contributed by atoms with van der Waals surface area (Å²) < 4.78 is 17.9. The van der Waals surface area contributed by atoms with Crippen molar-refractivity contribution in [2.75, 3.05) is 6.79 Å². The Bertz CT molecular complexity index is 522. The highest BCUT2D eigenvalue weighted by Crippen LogP contribution is 2.35. The second kappa shape index (κ2) is 13.3. The average molecular weight is 449 g/mol. The molecule has 32 heavy (non-hydrogen) atoms. The van der Waals surface area contributed by atoms with Crippen LogP contribution in [-0.2, 0) is 19.0 Å². The first-order chi connectivity index (χ1) is 15.8. The highest BCUT2D eigenvalue weighted by Gasteiger charge is 2.29. The molecule has 0 heterocycles. The van der Waals surface area contributed by atoms with Crippen LogP contribution < -0.4 is 0 Å². The summed E-state index contributed by atoms with van der Waals surface area (Å²) in [5.41, 5.74) is 0. The first-order valence-corrected chi connectivity index (χ1v) is 14.2. The zero-order valence-electron chi connectivity index (χ0n) is 20.4. The summed E-state index contributed by atoms with van der Waals surface area (Å²) in [6, 6.07) is 0. The molecule has 0 aliphatic heterocycles. The van der Waals surface area contributed by atoms with E-state index in [4.69, 9.17) is 14.2 Å². The van der Waals surface area contributed by atoms with Gasteiger partial charge in [0.2, 0.25) is 0 Å². The van der Waals surface area contributed by atoms with Gasteiger partial charge in [-0.15, -0.1) is 0 Å². The van der Waals surface area contributed by atoms with Gasteiger partial charge < -0.3 is 14.2 Å². The fourth-order valence-electron chi connectivity index (χ4n) is 6.66. The molecule has 4 heteroatoms. The molecule has 0 aromatic carbocycles. The van der Waals surface area contributed by atoms with Crippen LogP contribution in [0.25, 0.3) is 0 Å². The van der Waals surface area contributed by atoms with E-state index in [0.717, 1.165) is 37.5 Å². The van der Waals surface area contributed by atoms with Gasteiger partial charge >= 0.3 is 5.97 Å². The van der Waals surface area contributed by atoms with Crippen LogP contribution in [0.2, 0.25) is 0 Å². The minimum atomic E-state index is 0.108. The van der Waals surface area contributed by atoms with Crippen molar-refractivity contribution in [1.29, 1.82) is 0 Å². The molecule has 0 unspecified atom stereocenters. The van der Waals surface area contributed by atoms with Gasteiger partial charge in [-0.1, -0.05) is 51.4 Å². The third-order valence-corrected chi connectivity index (χ3v) is 8.95. The maximum atomic E-state index is 12.4. The molecule has 184 valence electrons. The predicted octanol–water partition coefficient (Wildman–Crippen LogP) is 7.33. The van der Waals surface area contributed by atoms with Crippen molar-refractivity contribution in [3.05, 3.63) is 0 Å². The topological polar surface area (TPSA) is 44.8 Å². The minimum absolute atomic E-state index is 0.108. The number of carbonyl (C=O) groups excluding carboxylic acids is 1. The predicted molar refractivity (Wildman–Crippen MR) is 127 cm³/mol. The standard InChI is InChI=1S/C28H48O4/c29-28(24-7-3-1-4-8-24)32-27-19-15-23(16-20-27)12-11-22-13-17-26(18-14-22)31-21-30-25-9-5-2-6-10-25/h22-27H,1-21H2. The van der Waals surface area contributed by atoms with Crippen LogP contribution in [-0.4, -0.2) is 31.1 Å². The zero-order chi connectivity index (χ0) is 22.0. The van der Waals surface area contributed by atoms with Crippen LogP contribution in [0, 0.1) is 17.8 Å². The largest absolute Gasteiger partial charge is 0.462 e. The number of esters is 1. The van der Waals surface area contributed by atoms with Crippen molar-refractivity contribution in [2.45, 2.75) is 147 Å². The highest BCUT2D eigenvalue weighted by molar-refractivity contribution is 5.72. The molecule has 4 aliphatic carbocycles. The smallest absolute Gasteiger partial charge is 0.309 e. The van der Waals surface area contributed by atoms with Crippen LogP contribution in [0.3, 0.4) is 0 Å².